The number of rotatable bonds is 11. The van der Waals surface area contributed by atoms with Crippen molar-refractivity contribution in [3.63, 3.8) is 0 Å². The number of esters is 1. The van der Waals surface area contributed by atoms with Gasteiger partial charge in [0.2, 0.25) is 0 Å². The number of ether oxygens (including phenoxy) is 3. The summed E-state index contributed by atoms with van der Waals surface area (Å²) in [6, 6.07) is 6.03. The summed E-state index contributed by atoms with van der Waals surface area (Å²) < 4.78 is 16.2. The van der Waals surface area contributed by atoms with Gasteiger partial charge in [-0.3, -0.25) is 0 Å². The fourth-order valence-corrected chi connectivity index (χ4v) is 3.51. The fourth-order valence-electron chi connectivity index (χ4n) is 3.51. The Kier molecular flexibility index (Phi) is 8.73. The molecule has 7 nitrogen and oxygen atoms in total. The lowest BCUT2D eigenvalue weighted by Crippen LogP contribution is -2.14. The molecular weight excluding hydrogens is 400 g/mol. The molecule has 2 rings (SSSR count). The second-order valence-corrected chi connectivity index (χ2v) is 7.24. The summed E-state index contributed by atoms with van der Waals surface area (Å²) in [5.41, 5.74) is 1.27. The minimum absolute atomic E-state index is 0.0827. The Morgan fingerprint density at radius 3 is 2.10 bits per heavy atom. The van der Waals surface area contributed by atoms with Gasteiger partial charge in [-0.2, -0.15) is 0 Å². The summed E-state index contributed by atoms with van der Waals surface area (Å²) in [4.78, 5) is 24.6. The van der Waals surface area contributed by atoms with Crippen molar-refractivity contribution in [3.8, 4) is 23.0 Å². The number of carbonyl (C=O) groups is 2. The van der Waals surface area contributed by atoms with Gasteiger partial charge in [0.05, 0.1) is 14.2 Å². The highest BCUT2D eigenvalue weighted by atomic mass is 16.5. The van der Waals surface area contributed by atoms with Crippen molar-refractivity contribution in [1.29, 1.82) is 0 Å². The Labute approximate surface area is 182 Å². The van der Waals surface area contributed by atoms with E-state index in [1.807, 2.05) is 13.8 Å². The molecule has 7 heteroatoms. The van der Waals surface area contributed by atoms with Crippen LogP contribution in [0.5, 0.6) is 23.0 Å². The van der Waals surface area contributed by atoms with Gasteiger partial charge in [-0.1, -0.05) is 33.1 Å². The second-order valence-electron chi connectivity index (χ2n) is 7.24. The number of carboxylic acid groups (broad SMARTS) is 1. The van der Waals surface area contributed by atoms with Gasteiger partial charge >= 0.3 is 11.9 Å². The normalized spacial score (nSPS) is 10.6. The standard InChI is InChI=1S/C24H30O7/c1-5-7-8-10-16-12-18(13-19(25)21(16)23(26)27)31-24(28)22-15(9-6-2)11-17(29-3)14-20(22)30-4/h11-14,25H,5-10H2,1-4H3,(H,26,27). The van der Waals surface area contributed by atoms with Crippen molar-refractivity contribution in [1.82, 2.24) is 0 Å². The first-order chi connectivity index (χ1) is 14.9. The molecule has 0 atom stereocenters. The number of methoxy groups -OCH3 is 2. The summed E-state index contributed by atoms with van der Waals surface area (Å²) in [5.74, 6) is -1.33. The molecule has 2 N–H and O–H groups in total. The summed E-state index contributed by atoms with van der Waals surface area (Å²) in [5, 5.41) is 19.7. The van der Waals surface area contributed by atoms with Gasteiger partial charge in [0.1, 0.15) is 34.1 Å². The van der Waals surface area contributed by atoms with Crippen LogP contribution in [0.4, 0.5) is 0 Å². The maximum atomic E-state index is 13.0. The third-order valence-electron chi connectivity index (χ3n) is 4.98. The maximum absolute atomic E-state index is 13.0. The van der Waals surface area contributed by atoms with Gasteiger partial charge in [-0.25, -0.2) is 9.59 Å². The lowest BCUT2D eigenvalue weighted by Gasteiger charge is -2.16. The van der Waals surface area contributed by atoms with Crippen LogP contribution in [0.15, 0.2) is 24.3 Å². The van der Waals surface area contributed by atoms with E-state index in [9.17, 15) is 19.8 Å². The molecule has 0 radical (unpaired) electrons. The van der Waals surface area contributed by atoms with E-state index in [-0.39, 0.29) is 16.9 Å². The molecular formula is C24H30O7. The van der Waals surface area contributed by atoms with E-state index in [4.69, 9.17) is 14.2 Å². The maximum Gasteiger partial charge on any atom is 0.347 e. The zero-order valence-electron chi connectivity index (χ0n) is 18.5. The summed E-state index contributed by atoms with van der Waals surface area (Å²) >= 11 is 0. The average Bonchev–Trinajstić information content (AvgIpc) is 2.72. The molecule has 0 heterocycles. The number of unbranched alkanes of at least 4 members (excludes halogenated alkanes) is 2. The predicted octanol–water partition coefficient (Wildman–Crippen LogP) is 5.01. The van der Waals surface area contributed by atoms with Crippen molar-refractivity contribution < 1.29 is 34.0 Å². The molecule has 0 fully saturated rings. The van der Waals surface area contributed by atoms with Gasteiger partial charge < -0.3 is 24.4 Å². The smallest absolute Gasteiger partial charge is 0.347 e. The highest BCUT2D eigenvalue weighted by Crippen LogP contribution is 2.33. The third-order valence-corrected chi connectivity index (χ3v) is 4.98. The van der Waals surface area contributed by atoms with E-state index in [1.54, 1.807) is 12.1 Å². The van der Waals surface area contributed by atoms with Crippen molar-refractivity contribution in [2.24, 2.45) is 0 Å². The van der Waals surface area contributed by atoms with E-state index in [0.717, 1.165) is 37.3 Å². The highest BCUT2D eigenvalue weighted by Gasteiger charge is 2.23. The zero-order valence-corrected chi connectivity index (χ0v) is 18.5. The highest BCUT2D eigenvalue weighted by molar-refractivity contribution is 5.97. The third kappa shape index (κ3) is 5.90. The molecule has 0 spiro atoms. The summed E-state index contributed by atoms with van der Waals surface area (Å²) in [6.07, 6.45) is 4.53. The van der Waals surface area contributed by atoms with Gasteiger partial charge in [0, 0.05) is 12.1 Å². The number of aromatic hydroxyl groups is 1. The number of aromatic carboxylic acids is 1. The van der Waals surface area contributed by atoms with Crippen LogP contribution in [0.3, 0.4) is 0 Å². The van der Waals surface area contributed by atoms with Crippen LogP contribution in [0.2, 0.25) is 0 Å². The Hall–Kier alpha value is -3.22. The zero-order chi connectivity index (χ0) is 23.0. The topological polar surface area (TPSA) is 102 Å². The van der Waals surface area contributed by atoms with E-state index in [1.165, 1.54) is 20.3 Å². The van der Waals surface area contributed by atoms with Crippen molar-refractivity contribution in [3.05, 3.63) is 46.5 Å². The first-order valence-corrected chi connectivity index (χ1v) is 10.4. The summed E-state index contributed by atoms with van der Waals surface area (Å²) in [6.45, 7) is 4.04. The van der Waals surface area contributed by atoms with Crippen LogP contribution >= 0.6 is 0 Å². The second kappa shape index (κ2) is 11.2. The number of aryl methyl sites for hydroxylation is 2. The number of phenols is 1. The lowest BCUT2D eigenvalue weighted by atomic mass is 9.99. The molecule has 0 aliphatic rings. The molecule has 0 bridgehead atoms. The molecule has 2 aromatic carbocycles. The van der Waals surface area contributed by atoms with Crippen LogP contribution in [0, 0.1) is 0 Å². The molecule has 0 saturated heterocycles. The first-order valence-electron chi connectivity index (χ1n) is 10.4. The van der Waals surface area contributed by atoms with E-state index in [0.29, 0.717) is 29.9 Å². The van der Waals surface area contributed by atoms with Gasteiger partial charge in [-0.15, -0.1) is 0 Å². The molecule has 0 amide bonds. The predicted molar refractivity (Wildman–Crippen MR) is 117 cm³/mol. The average molecular weight is 430 g/mol. The first kappa shape index (κ1) is 24.1. The number of carbonyl (C=O) groups excluding carboxylic acids is 1. The molecule has 0 aliphatic heterocycles. The number of hydrogen-bond donors (Lipinski definition) is 2. The summed E-state index contributed by atoms with van der Waals surface area (Å²) in [7, 11) is 3.00. The van der Waals surface area contributed by atoms with Crippen LogP contribution in [0.25, 0.3) is 0 Å². The van der Waals surface area contributed by atoms with E-state index >= 15 is 0 Å². The molecule has 2 aromatic rings. The lowest BCUT2D eigenvalue weighted by molar-refractivity contribution is 0.0692. The van der Waals surface area contributed by atoms with Crippen molar-refractivity contribution in [2.75, 3.05) is 14.2 Å². The molecule has 0 unspecified atom stereocenters. The molecule has 31 heavy (non-hydrogen) atoms. The Bertz CT molecular complexity index is 934. The Morgan fingerprint density at radius 2 is 1.52 bits per heavy atom. The number of benzene rings is 2. The van der Waals surface area contributed by atoms with Crippen LogP contribution in [-0.4, -0.2) is 36.4 Å². The van der Waals surface area contributed by atoms with Gasteiger partial charge in [0.25, 0.3) is 0 Å². The largest absolute Gasteiger partial charge is 0.507 e. The minimum Gasteiger partial charge on any atom is -0.507 e. The van der Waals surface area contributed by atoms with Gasteiger partial charge in [0.15, 0.2) is 0 Å². The van der Waals surface area contributed by atoms with Crippen molar-refractivity contribution >= 4 is 11.9 Å². The SMILES string of the molecule is CCCCCc1cc(OC(=O)c2c(CCC)cc(OC)cc2OC)cc(O)c1C(=O)O. The monoisotopic (exact) mass is 430 g/mol. The molecule has 0 saturated carbocycles. The Morgan fingerprint density at radius 1 is 0.839 bits per heavy atom. The molecule has 168 valence electrons. The van der Waals surface area contributed by atoms with Crippen LogP contribution in [-0.2, 0) is 12.8 Å². The van der Waals surface area contributed by atoms with E-state index < -0.39 is 17.7 Å². The van der Waals surface area contributed by atoms with E-state index in [2.05, 4.69) is 0 Å². The fraction of sp³-hybridized carbons (Fsp3) is 0.417. The Balaban J connectivity index is 2.44. The van der Waals surface area contributed by atoms with Gasteiger partial charge in [-0.05, 0) is 42.5 Å². The minimum atomic E-state index is -1.22. The molecule has 0 aromatic heterocycles. The van der Waals surface area contributed by atoms with Crippen LogP contribution < -0.4 is 14.2 Å². The van der Waals surface area contributed by atoms with Crippen molar-refractivity contribution in [2.45, 2.75) is 52.4 Å². The van der Waals surface area contributed by atoms with Crippen LogP contribution in [0.1, 0.15) is 71.4 Å². The number of hydrogen-bond acceptors (Lipinski definition) is 6. The molecule has 0 aliphatic carbocycles. The number of carboxylic acids is 1. The quantitative estimate of drug-likeness (QED) is 0.293.